The lowest BCUT2D eigenvalue weighted by molar-refractivity contribution is 0.268. The SMILES string of the molecule is C=C(NCc1ccccc1)C1CC(C)[C@H](C)N1C(=C)C. The van der Waals surface area contributed by atoms with Crippen molar-refractivity contribution >= 4 is 0 Å². The minimum Gasteiger partial charge on any atom is -0.383 e. The first-order chi connectivity index (χ1) is 9.50. The zero-order valence-corrected chi connectivity index (χ0v) is 12.9. The highest BCUT2D eigenvalue weighted by Crippen LogP contribution is 2.34. The first-order valence-electron chi connectivity index (χ1n) is 7.41. The third-order valence-electron chi connectivity index (χ3n) is 4.40. The largest absolute Gasteiger partial charge is 0.383 e. The van der Waals surface area contributed by atoms with Crippen LogP contribution in [0.15, 0.2) is 54.9 Å². The van der Waals surface area contributed by atoms with Gasteiger partial charge in [-0.05, 0) is 31.7 Å². The molecule has 108 valence electrons. The second-order valence-electron chi connectivity index (χ2n) is 5.98. The second kappa shape index (κ2) is 6.17. The number of nitrogens with zero attached hydrogens (tertiary/aromatic N) is 1. The molecule has 0 radical (unpaired) electrons. The molecule has 1 aromatic carbocycles. The van der Waals surface area contributed by atoms with E-state index in [1.54, 1.807) is 0 Å². The average Bonchev–Trinajstić information content (AvgIpc) is 2.73. The van der Waals surface area contributed by atoms with Crippen molar-refractivity contribution in [1.82, 2.24) is 10.2 Å². The van der Waals surface area contributed by atoms with Gasteiger partial charge in [0.1, 0.15) is 0 Å². The van der Waals surface area contributed by atoms with Gasteiger partial charge in [-0.3, -0.25) is 0 Å². The number of likely N-dealkylation sites (tertiary alicyclic amines) is 1. The van der Waals surface area contributed by atoms with Crippen molar-refractivity contribution in [1.29, 1.82) is 0 Å². The first kappa shape index (κ1) is 14.7. The fraction of sp³-hybridized carbons (Fsp3) is 0.444. The van der Waals surface area contributed by atoms with Gasteiger partial charge in [0, 0.05) is 24.0 Å². The Bertz CT molecular complexity index is 477. The van der Waals surface area contributed by atoms with E-state index in [1.165, 1.54) is 5.56 Å². The van der Waals surface area contributed by atoms with Crippen molar-refractivity contribution in [3.05, 3.63) is 60.4 Å². The Hall–Kier alpha value is -1.70. The second-order valence-corrected chi connectivity index (χ2v) is 5.98. The topological polar surface area (TPSA) is 15.3 Å². The molecule has 1 fully saturated rings. The Morgan fingerprint density at radius 1 is 1.25 bits per heavy atom. The molecule has 0 saturated carbocycles. The molecule has 1 aliphatic rings. The summed E-state index contributed by atoms with van der Waals surface area (Å²) in [6.45, 7) is 15.9. The van der Waals surface area contributed by atoms with Crippen LogP contribution >= 0.6 is 0 Å². The molecule has 2 nitrogen and oxygen atoms in total. The van der Waals surface area contributed by atoms with E-state index >= 15 is 0 Å². The fourth-order valence-corrected chi connectivity index (χ4v) is 3.07. The lowest BCUT2D eigenvalue weighted by atomic mass is 10.0. The third-order valence-corrected chi connectivity index (χ3v) is 4.40. The summed E-state index contributed by atoms with van der Waals surface area (Å²) in [6, 6.07) is 11.3. The first-order valence-corrected chi connectivity index (χ1v) is 7.41. The van der Waals surface area contributed by atoms with Crippen LogP contribution in [0.3, 0.4) is 0 Å². The quantitative estimate of drug-likeness (QED) is 0.872. The normalized spacial score (nSPS) is 25.6. The molecule has 1 heterocycles. The Labute approximate surface area is 123 Å². The van der Waals surface area contributed by atoms with Gasteiger partial charge in [-0.1, -0.05) is 50.4 Å². The van der Waals surface area contributed by atoms with Gasteiger partial charge in [-0.25, -0.2) is 0 Å². The molecule has 0 amide bonds. The average molecular weight is 270 g/mol. The summed E-state index contributed by atoms with van der Waals surface area (Å²) in [5.41, 5.74) is 3.53. The molecule has 2 unspecified atom stereocenters. The minimum absolute atomic E-state index is 0.362. The molecule has 0 aliphatic carbocycles. The number of benzene rings is 1. The van der Waals surface area contributed by atoms with Gasteiger partial charge in [-0.2, -0.15) is 0 Å². The van der Waals surface area contributed by atoms with Gasteiger partial charge in [0.15, 0.2) is 0 Å². The summed E-state index contributed by atoms with van der Waals surface area (Å²) in [5.74, 6) is 0.673. The monoisotopic (exact) mass is 270 g/mol. The molecule has 0 bridgehead atoms. The van der Waals surface area contributed by atoms with E-state index in [0.29, 0.717) is 18.0 Å². The van der Waals surface area contributed by atoms with Crippen molar-refractivity contribution in [2.45, 2.75) is 45.8 Å². The molecular weight excluding hydrogens is 244 g/mol. The zero-order chi connectivity index (χ0) is 14.7. The standard InChI is InChI=1S/C18H26N2/c1-13(2)20-16(5)14(3)11-18(20)15(4)19-12-17-9-7-6-8-10-17/h6-10,14,16,18-19H,1,4,11-12H2,2-3,5H3/t14?,16-,18?/m0/s1. The predicted octanol–water partition coefficient (Wildman–Crippen LogP) is 3.92. The summed E-state index contributed by atoms with van der Waals surface area (Å²) >= 11 is 0. The Morgan fingerprint density at radius 2 is 1.90 bits per heavy atom. The maximum absolute atomic E-state index is 4.26. The van der Waals surface area contributed by atoms with Crippen LogP contribution in [0.1, 0.15) is 32.8 Å². The van der Waals surface area contributed by atoms with E-state index in [0.717, 1.165) is 24.4 Å². The number of hydrogen-bond donors (Lipinski definition) is 1. The Morgan fingerprint density at radius 3 is 2.50 bits per heavy atom. The van der Waals surface area contributed by atoms with Gasteiger partial charge in [0.25, 0.3) is 0 Å². The van der Waals surface area contributed by atoms with E-state index < -0.39 is 0 Å². The van der Waals surface area contributed by atoms with Crippen LogP contribution in [0.5, 0.6) is 0 Å². The highest BCUT2D eigenvalue weighted by molar-refractivity contribution is 5.18. The molecule has 20 heavy (non-hydrogen) atoms. The van der Waals surface area contributed by atoms with Crippen molar-refractivity contribution in [3.8, 4) is 0 Å². The van der Waals surface area contributed by atoms with Crippen LogP contribution < -0.4 is 5.32 Å². The molecule has 1 saturated heterocycles. The number of hydrogen-bond acceptors (Lipinski definition) is 2. The summed E-state index contributed by atoms with van der Waals surface area (Å²) in [6.07, 6.45) is 1.15. The molecule has 0 aromatic heterocycles. The van der Waals surface area contributed by atoms with Crippen LogP contribution in [0.25, 0.3) is 0 Å². The summed E-state index contributed by atoms with van der Waals surface area (Å²) < 4.78 is 0. The van der Waals surface area contributed by atoms with Crippen molar-refractivity contribution in [2.24, 2.45) is 5.92 Å². The van der Waals surface area contributed by atoms with E-state index in [-0.39, 0.29) is 0 Å². The van der Waals surface area contributed by atoms with Crippen LogP contribution in [0, 0.1) is 5.92 Å². The molecule has 2 rings (SSSR count). The summed E-state index contributed by atoms with van der Waals surface area (Å²) in [4.78, 5) is 2.41. The van der Waals surface area contributed by atoms with Crippen LogP contribution in [0.2, 0.25) is 0 Å². The van der Waals surface area contributed by atoms with Crippen molar-refractivity contribution in [3.63, 3.8) is 0 Å². The molecule has 0 spiro atoms. The fourth-order valence-electron chi connectivity index (χ4n) is 3.07. The van der Waals surface area contributed by atoms with Crippen molar-refractivity contribution in [2.75, 3.05) is 0 Å². The summed E-state index contributed by atoms with van der Waals surface area (Å²) in [7, 11) is 0. The number of nitrogens with one attached hydrogen (secondary N) is 1. The lowest BCUT2D eigenvalue weighted by Gasteiger charge is -2.32. The molecule has 3 atom stereocenters. The van der Waals surface area contributed by atoms with E-state index in [2.05, 4.69) is 68.4 Å². The minimum atomic E-state index is 0.362. The van der Waals surface area contributed by atoms with Crippen LogP contribution in [-0.4, -0.2) is 17.0 Å². The number of allylic oxidation sites excluding steroid dienone is 1. The smallest absolute Gasteiger partial charge is 0.0685 e. The van der Waals surface area contributed by atoms with Gasteiger partial charge in [0.2, 0.25) is 0 Å². The van der Waals surface area contributed by atoms with E-state index in [9.17, 15) is 0 Å². The van der Waals surface area contributed by atoms with Gasteiger partial charge < -0.3 is 10.2 Å². The van der Waals surface area contributed by atoms with Gasteiger partial charge in [-0.15, -0.1) is 0 Å². The molecule has 1 aromatic rings. The van der Waals surface area contributed by atoms with Gasteiger partial charge in [0.05, 0.1) is 6.04 Å². The molecular formula is C18H26N2. The molecule has 2 heteroatoms. The van der Waals surface area contributed by atoms with E-state index in [4.69, 9.17) is 0 Å². The van der Waals surface area contributed by atoms with E-state index in [1.807, 2.05) is 6.07 Å². The highest BCUT2D eigenvalue weighted by atomic mass is 15.2. The molecule has 1 aliphatic heterocycles. The Balaban J connectivity index is 1.99. The maximum atomic E-state index is 4.26. The van der Waals surface area contributed by atoms with Crippen molar-refractivity contribution < 1.29 is 0 Å². The Kier molecular flexibility index (Phi) is 4.53. The maximum Gasteiger partial charge on any atom is 0.0685 e. The lowest BCUT2D eigenvalue weighted by Crippen LogP contribution is -2.37. The predicted molar refractivity (Wildman–Crippen MR) is 86.1 cm³/mol. The van der Waals surface area contributed by atoms with Gasteiger partial charge >= 0.3 is 0 Å². The molecule has 1 N–H and O–H groups in total. The highest BCUT2D eigenvalue weighted by Gasteiger charge is 2.36. The van der Waals surface area contributed by atoms with Crippen LogP contribution in [0.4, 0.5) is 0 Å². The van der Waals surface area contributed by atoms with Crippen LogP contribution in [-0.2, 0) is 6.54 Å². The number of rotatable bonds is 5. The zero-order valence-electron chi connectivity index (χ0n) is 12.9. The summed E-state index contributed by atoms with van der Waals surface area (Å²) in [5, 5.41) is 3.49. The third kappa shape index (κ3) is 3.06.